The highest BCUT2D eigenvalue weighted by Crippen LogP contribution is 2.68. The molecule has 4 aliphatic rings. The summed E-state index contributed by atoms with van der Waals surface area (Å²) < 4.78 is 31.9. The van der Waals surface area contributed by atoms with Crippen LogP contribution in [0.2, 0.25) is 0 Å². The molecule has 3 fully saturated rings. The monoisotopic (exact) mass is 869 g/mol. The van der Waals surface area contributed by atoms with Gasteiger partial charge in [-0.05, 0) is 87.7 Å². The average Bonchev–Trinajstić information content (AvgIpc) is 3.42. The number of rotatable bonds is 28. The summed E-state index contributed by atoms with van der Waals surface area (Å²) in [5, 5.41) is 32.1. The summed E-state index contributed by atoms with van der Waals surface area (Å²) in [5.41, 5.74) is -1.71. The third-order valence-electron chi connectivity index (χ3n) is 13.2. The van der Waals surface area contributed by atoms with E-state index < -0.39 is 34.7 Å². The molecule has 3 amide bonds. The fourth-order valence-corrected chi connectivity index (χ4v) is 10.3. The summed E-state index contributed by atoms with van der Waals surface area (Å²) in [6, 6.07) is 0. The first-order chi connectivity index (χ1) is 28.9. The van der Waals surface area contributed by atoms with Gasteiger partial charge < -0.3 is 54.6 Å². The van der Waals surface area contributed by atoms with Gasteiger partial charge in [-0.15, -0.1) is 11.6 Å². The number of nitrogens with one attached hydrogen (secondary N) is 3. The van der Waals surface area contributed by atoms with Gasteiger partial charge in [0.2, 0.25) is 0 Å². The Hall–Kier alpha value is -2.79. The molecule has 4 rings (SSSR count). The zero-order valence-corrected chi connectivity index (χ0v) is 36.9. The Kier molecular flexibility index (Phi) is 21.1. The molecule has 0 aromatic rings. The van der Waals surface area contributed by atoms with Crippen molar-refractivity contribution >= 4 is 35.5 Å². The topological polar surface area (TPSA) is 200 Å². The summed E-state index contributed by atoms with van der Waals surface area (Å²) in [6.45, 7) is 10.5. The molecule has 15 nitrogen and oxygen atoms in total. The van der Waals surface area contributed by atoms with Crippen LogP contribution in [0.1, 0.15) is 91.4 Å². The molecule has 60 heavy (non-hydrogen) atoms. The summed E-state index contributed by atoms with van der Waals surface area (Å²) in [6.07, 6.45) is 12.6. The van der Waals surface area contributed by atoms with E-state index in [0.717, 1.165) is 50.5 Å². The zero-order chi connectivity index (χ0) is 43.4. The first kappa shape index (κ1) is 49.9. The van der Waals surface area contributed by atoms with Crippen molar-refractivity contribution in [3.63, 3.8) is 0 Å². The molecule has 3 saturated carbocycles. The predicted octanol–water partition coefficient (Wildman–Crippen LogP) is 4.85. The lowest BCUT2D eigenvalue weighted by Crippen LogP contribution is -2.64. The Morgan fingerprint density at radius 3 is 2.00 bits per heavy atom. The Labute approximate surface area is 361 Å². The highest BCUT2D eigenvalue weighted by atomic mass is 35.5. The molecule has 0 saturated heterocycles. The number of carbonyl (C=O) groups excluding carboxylic acids is 4. The van der Waals surface area contributed by atoms with Crippen LogP contribution >= 0.6 is 11.6 Å². The Morgan fingerprint density at radius 1 is 0.767 bits per heavy atom. The number of aliphatic hydroxyl groups is 2. The maximum Gasteiger partial charge on any atom is 0.407 e. The third-order valence-corrected chi connectivity index (χ3v) is 13.5. The second-order valence-electron chi connectivity index (χ2n) is 17.1. The maximum absolute atomic E-state index is 13.7. The molecule has 0 bridgehead atoms. The number of carbonyl (C=O) groups is 4. The average molecular weight is 871 g/mol. The molecule has 0 spiro atoms. The number of halogens is 1. The summed E-state index contributed by atoms with van der Waals surface area (Å²) >= 11 is 5.65. The van der Waals surface area contributed by atoms with Crippen molar-refractivity contribution in [1.82, 2.24) is 16.0 Å². The van der Waals surface area contributed by atoms with E-state index in [1.165, 1.54) is 0 Å². The lowest BCUT2D eigenvalue weighted by Gasteiger charge is -2.59. The summed E-state index contributed by atoms with van der Waals surface area (Å²) in [5.74, 6) is 0.195. The van der Waals surface area contributed by atoms with E-state index in [1.807, 2.05) is 19.9 Å². The molecule has 5 N–H and O–H groups in total. The Balaban J connectivity index is 0.951. The summed E-state index contributed by atoms with van der Waals surface area (Å²) in [4.78, 5) is 49.6. The molecule has 0 aliphatic heterocycles. The number of ether oxygens (including phenoxy) is 6. The van der Waals surface area contributed by atoms with Crippen molar-refractivity contribution in [2.45, 2.75) is 103 Å². The number of ketones is 1. The number of fused-ring (bicyclic) bond motifs is 5. The number of amides is 3. The van der Waals surface area contributed by atoms with Crippen molar-refractivity contribution in [1.29, 1.82) is 0 Å². The molecule has 4 aliphatic carbocycles. The maximum atomic E-state index is 13.7. The number of aliphatic hydroxyl groups excluding tert-OH is 1. The minimum absolute atomic E-state index is 0.00588. The molecule has 16 heteroatoms. The number of alkyl carbamates (subject to hydrolysis) is 2. The van der Waals surface area contributed by atoms with Crippen LogP contribution in [0.25, 0.3) is 0 Å². The van der Waals surface area contributed by atoms with Crippen molar-refractivity contribution in [2.75, 3.05) is 91.6 Å². The van der Waals surface area contributed by atoms with E-state index in [-0.39, 0.29) is 61.8 Å². The third kappa shape index (κ3) is 13.6. The molecule has 0 aromatic carbocycles. The van der Waals surface area contributed by atoms with Crippen LogP contribution in [0.4, 0.5) is 9.59 Å². The first-order valence-electron chi connectivity index (χ1n) is 22.2. The van der Waals surface area contributed by atoms with Gasteiger partial charge in [0.15, 0.2) is 11.4 Å². The molecule has 8 unspecified atom stereocenters. The minimum Gasteiger partial charge on any atom is -0.447 e. The van der Waals surface area contributed by atoms with Gasteiger partial charge >= 0.3 is 12.2 Å². The standard InChI is InChI=1S/C44H72ClN3O12/c1-32-29-36-35-12-11-33-30-34(49)13-14-42(33,2)38(35)37(50)31-43(36,3)44(32,54)39(51)46-16-8-6-9-17-47-40(52)59-27-25-57-23-24-58-26-28-60-41(53)48-18-20-56-22-21-55-19-10-5-4-7-15-45/h13-14,30,32,35-38,50,54H,4-12,15-29,31H2,1-3H3,(H,46,51)(H,47,52)(H,48,53). The van der Waals surface area contributed by atoms with Gasteiger partial charge in [0, 0.05) is 48.9 Å². The number of hydrogen-bond acceptors (Lipinski definition) is 12. The molecule has 8 atom stereocenters. The molecule has 342 valence electrons. The normalized spacial score (nSPS) is 29.2. The second-order valence-corrected chi connectivity index (χ2v) is 17.5. The molecular formula is C44H72ClN3O12. The number of hydrogen-bond donors (Lipinski definition) is 5. The van der Waals surface area contributed by atoms with Gasteiger partial charge in [-0.25, -0.2) is 9.59 Å². The van der Waals surface area contributed by atoms with E-state index in [4.69, 9.17) is 40.0 Å². The fraction of sp³-hybridized carbons (Fsp3) is 0.818. The molecule has 0 heterocycles. The Bertz CT molecular complexity index is 1430. The highest BCUT2D eigenvalue weighted by Gasteiger charge is 2.70. The van der Waals surface area contributed by atoms with Crippen LogP contribution in [-0.2, 0) is 38.0 Å². The Morgan fingerprint density at radius 2 is 1.33 bits per heavy atom. The highest BCUT2D eigenvalue weighted by molar-refractivity contribution is 6.17. The van der Waals surface area contributed by atoms with Crippen LogP contribution in [0, 0.1) is 34.5 Å². The molecule has 0 aromatic heterocycles. The number of unbranched alkanes of at least 4 members (excludes halogenated alkanes) is 5. The van der Waals surface area contributed by atoms with Gasteiger partial charge in [0.05, 0.1) is 52.4 Å². The van der Waals surface area contributed by atoms with Crippen molar-refractivity contribution in [2.24, 2.45) is 34.5 Å². The lowest BCUT2D eigenvalue weighted by atomic mass is 9.46. The molecule has 0 radical (unpaired) electrons. The quantitative estimate of drug-likeness (QED) is 0.0530. The first-order valence-corrected chi connectivity index (χ1v) is 22.7. The fourth-order valence-electron chi connectivity index (χ4n) is 10.1. The SMILES string of the molecule is CC1CC2C3CCC4=CC(=O)C=CC4(C)C3C(O)CC2(C)C1(O)C(=O)NCCCCCNC(=O)OCCOCCOCCOC(=O)NCCOCCOCCCCCCCl. The van der Waals surface area contributed by atoms with Crippen LogP contribution in [0.15, 0.2) is 23.8 Å². The van der Waals surface area contributed by atoms with Gasteiger partial charge in [-0.1, -0.05) is 45.3 Å². The smallest absolute Gasteiger partial charge is 0.407 e. The molecular weight excluding hydrogens is 798 g/mol. The number of allylic oxidation sites excluding steroid dienone is 4. The minimum atomic E-state index is -1.60. The summed E-state index contributed by atoms with van der Waals surface area (Å²) in [7, 11) is 0. The van der Waals surface area contributed by atoms with Crippen LogP contribution in [0.5, 0.6) is 0 Å². The van der Waals surface area contributed by atoms with Crippen LogP contribution in [-0.4, -0.2) is 137 Å². The van der Waals surface area contributed by atoms with E-state index in [0.29, 0.717) is 90.8 Å². The van der Waals surface area contributed by atoms with E-state index in [9.17, 15) is 29.4 Å². The van der Waals surface area contributed by atoms with Gasteiger partial charge in [0.25, 0.3) is 5.91 Å². The largest absolute Gasteiger partial charge is 0.447 e. The van der Waals surface area contributed by atoms with Gasteiger partial charge in [-0.2, -0.15) is 0 Å². The van der Waals surface area contributed by atoms with Gasteiger partial charge in [0.1, 0.15) is 13.2 Å². The van der Waals surface area contributed by atoms with Gasteiger partial charge in [-0.3, -0.25) is 9.59 Å². The second kappa shape index (κ2) is 25.4. The van der Waals surface area contributed by atoms with Crippen molar-refractivity contribution < 1.29 is 57.8 Å². The van der Waals surface area contributed by atoms with E-state index >= 15 is 0 Å². The van der Waals surface area contributed by atoms with E-state index in [2.05, 4.69) is 22.9 Å². The predicted molar refractivity (Wildman–Crippen MR) is 226 cm³/mol. The lowest BCUT2D eigenvalue weighted by molar-refractivity contribution is -0.183. The van der Waals surface area contributed by atoms with Crippen molar-refractivity contribution in [3.8, 4) is 0 Å². The van der Waals surface area contributed by atoms with Crippen LogP contribution < -0.4 is 16.0 Å². The van der Waals surface area contributed by atoms with Crippen molar-refractivity contribution in [3.05, 3.63) is 23.8 Å². The van der Waals surface area contributed by atoms with Crippen LogP contribution in [0.3, 0.4) is 0 Å². The number of alkyl halides is 1. The van der Waals surface area contributed by atoms with E-state index in [1.54, 1.807) is 12.2 Å². The zero-order valence-electron chi connectivity index (χ0n) is 36.2.